The number of aliphatic hydroxyl groups excluding tert-OH is 1. The molecule has 3 rings (SSSR count). The second-order valence-corrected chi connectivity index (χ2v) is 6.06. The summed E-state index contributed by atoms with van der Waals surface area (Å²) in [7, 11) is 0. The quantitative estimate of drug-likeness (QED) is 0.834. The molecule has 2 aromatic heterocycles. The largest absolute Gasteiger partial charge is 0.389 e. The van der Waals surface area contributed by atoms with Crippen molar-refractivity contribution in [1.82, 2.24) is 24.6 Å². The molecule has 1 fully saturated rings. The molecule has 1 saturated carbocycles. The van der Waals surface area contributed by atoms with E-state index < -0.39 is 6.10 Å². The van der Waals surface area contributed by atoms with Crippen molar-refractivity contribution in [2.45, 2.75) is 57.3 Å². The van der Waals surface area contributed by atoms with Gasteiger partial charge in [-0.25, -0.2) is 4.98 Å². The number of rotatable bonds is 6. The molecule has 0 spiro atoms. The van der Waals surface area contributed by atoms with Crippen LogP contribution in [0, 0.1) is 6.92 Å². The smallest absolute Gasteiger partial charge is 0.220 e. The van der Waals surface area contributed by atoms with Gasteiger partial charge in [0, 0.05) is 37.8 Å². The molecule has 0 aliphatic heterocycles. The van der Waals surface area contributed by atoms with Crippen molar-refractivity contribution >= 4 is 5.91 Å². The molecule has 1 aliphatic rings. The molecule has 23 heavy (non-hydrogen) atoms. The molecule has 1 aliphatic carbocycles. The van der Waals surface area contributed by atoms with Gasteiger partial charge in [-0.05, 0) is 32.3 Å². The lowest BCUT2D eigenvalue weighted by atomic mass is 10.1. The highest BCUT2D eigenvalue weighted by molar-refractivity contribution is 5.76. The highest BCUT2D eigenvalue weighted by atomic mass is 16.3. The number of nitrogens with zero attached hydrogens (tertiary/aromatic N) is 4. The Morgan fingerprint density at radius 1 is 1.39 bits per heavy atom. The Labute approximate surface area is 135 Å². The predicted molar refractivity (Wildman–Crippen MR) is 84.6 cm³/mol. The maximum atomic E-state index is 12.1. The average Bonchev–Trinajstić information content (AvgIpc) is 3.24. The fourth-order valence-electron chi connectivity index (χ4n) is 3.27. The zero-order chi connectivity index (χ0) is 16.2. The average molecular weight is 317 g/mol. The maximum Gasteiger partial charge on any atom is 0.220 e. The van der Waals surface area contributed by atoms with E-state index in [0.29, 0.717) is 6.42 Å². The second-order valence-electron chi connectivity index (χ2n) is 6.06. The first-order chi connectivity index (χ1) is 11.1. The van der Waals surface area contributed by atoms with E-state index in [1.807, 2.05) is 34.6 Å². The fraction of sp³-hybridized carbons (Fsp3) is 0.562. The van der Waals surface area contributed by atoms with Crippen molar-refractivity contribution in [3.8, 4) is 0 Å². The van der Waals surface area contributed by atoms with Crippen molar-refractivity contribution in [2.24, 2.45) is 0 Å². The molecular weight excluding hydrogens is 294 g/mol. The van der Waals surface area contributed by atoms with Gasteiger partial charge in [0.1, 0.15) is 5.82 Å². The number of hydrogen-bond donors (Lipinski definition) is 2. The molecule has 0 bridgehead atoms. The first kappa shape index (κ1) is 15.7. The van der Waals surface area contributed by atoms with Crippen LogP contribution < -0.4 is 5.32 Å². The summed E-state index contributed by atoms with van der Waals surface area (Å²) in [5, 5.41) is 17.6. The van der Waals surface area contributed by atoms with Crippen LogP contribution in [0.1, 0.15) is 37.5 Å². The Morgan fingerprint density at radius 2 is 2.26 bits per heavy atom. The van der Waals surface area contributed by atoms with Crippen molar-refractivity contribution in [1.29, 1.82) is 0 Å². The number of nitrogens with one attached hydrogen (secondary N) is 1. The first-order valence-electron chi connectivity index (χ1n) is 8.09. The van der Waals surface area contributed by atoms with Crippen molar-refractivity contribution in [3.63, 3.8) is 0 Å². The number of hydrogen-bond acceptors (Lipinski definition) is 4. The van der Waals surface area contributed by atoms with Crippen molar-refractivity contribution in [3.05, 3.63) is 36.7 Å². The summed E-state index contributed by atoms with van der Waals surface area (Å²) in [6, 6.07) is 1.68. The monoisotopic (exact) mass is 317 g/mol. The van der Waals surface area contributed by atoms with Crippen LogP contribution in [0.25, 0.3) is 0 Å². The van der Waals surface area contributed by atoms with Gasteiger partial charge < -0.3 is 15.0 Å². The van der Waals surface area contributed by atoms with Crippen LogP contribution in [-0.4, -0.2) is 42.5 Å². The zero-order valence-corrected chi connectivity index (χ0v) is 13.3. The molecule has 2 N–H and O–H groups in total. The lowest BCUT2D eigenvalue weighted by Crippen LogP contribution is -2.42. The van der Waals surface area contributed by atoms with Crippen LogP contribution >= 0.6 is 0 Å². The molecule has 124 valence electrons. The summed E-state index contributed by atoms with van der Waals surface area (Å²) < 4.78 is 3.81. The highest BCUT2D eigenvalue weighted by Gasteiger charge is 2.36. The normalized spacial score (nSPS) is 24.0. The summed E-state index contributed by atoms with van der Waals surface area (Å²) in [6.45, 7) is 2.65. The molecule has 0 radical (unpaired) electrons. The number of amides is 1. The van der Waals surface area contributed by atoms with E-state index in [4.69, 9.17) is 0 Å². The molecule has 2 heterocycles. The summed E-state index contributed by atoms with van der Waals surface area (Å²) >= 11 is 0. The topological polar surface area (TPSA) is 85.0 Å². The van der Waals surface area contributed by atoms with Crippen LogP contribution in [0.5, 0.6) is 0 Å². The third kappa shape index (κ3) is 3.61. The number of carbonyl (C=O) groups excluding carboxylic acids is 1. The maximum absolute atomic E-state index is 12.1. The van der Waals surface area contributed by atoms with Gasteiger partial charge in [-0.1, -0.05) is 0 Å². The minimum Gasteiger partial charge on any atom is -0.389 e. The fourth-order valence-corrected chi connectivity index (χ4v) is 3.27. The molecule has 0 aromatic carbocycles. The van der Waals surface area contributed by atoms with Crippen molar-refractivity contribution in [2.75, 3.05) is 0 Å². The van der Waals surface area contributed by atoms with Crippen LogP contribution in [0.3, 0.4) is 0 Å². The number of aryl methyl sites for hydroxylation is 2. The molecule has 3 atom stereocenters. The van der Waals surface area contributed by atoms with E-state index in [-0.39, 0.29) is 18.0 Å². The minimum absolute atomic E-state index is 0.00752. The standard InChI is InChI=1S/C16H23N5O2/c1-12-17-8-11-21(12)14-6-5-13(16(14)23)19-15(22)4-2-9-20-10-3-7-18-20/h3,7-8,10-11,13-14,16,23H,2,4-6,9H2,1H3,(H,19,22)/t13-,14-,16-/m1/s1. The molecule has 7 heteroatoms. The van der Waals surface area contributed by atoms with Gasteiger partial charge in [-0.15, -0.1) is 0 Å². The van der Waals surface area contributed by atoms with Crippen LogP contribution in [-0.2, 0) is 11.3 Å². The molecule has 0 saturated heterocycles. The van der Waals surface area contributed by atoms with E-state index >= 15 is 0 Å². The molecule has 2 aromatic rings. The van der Waals surface area contributed by atoms with Crippen LogP contribution in [0.4, 0.5) is 0 Å². The molecule has 1 amide bonds. The second kappa shape index (κ2) is 6.95. The Morgan fingerprint density at radius 3 is 2.96 bits per heavy atom. The van der Waals surface area contributed by atoms with Gasteiger partial charge >= 0.3 is 0 Å². The van der Waals surface area contributed by atoms with E-state index in [1.54, 1.807) is 12.4 Å². The number of aromatic nitrogens is 4. The SMILES string of the molecule is Cc1nccn1[C@@H]1CC[C@@H](NC(=O)CCCn2cccn2)[C@H]1O. The van der Waals surface area contributed by atoms with Gasteiger partial charge in [0.05, 0.1) is 18.2 Å². The summed E-state index contributed by atoms with van der Waals surface area (Å²) in [5.74, 6) is 0.879. The van der Waals surface area contributed by atoms with Gasteiger partial charge in [0.25, 0.3) is 0 Å². The van der Waals surface area contributed by atoms with Gasteiger partial charge in [-0.2, -0.15) is 5.10 Å². The van der Waals surface area contributed by atoms with Gasteiger partial charge in [0.15, 0.2) is 0 Å². The van der Waals surface area contributed by atoms with E-state index in [0.717, 1.165) is 31.6 Å². The summed E-state index contributed by atoms with van der Waals surface area (Å²) in [4.78, 5) is 16.3. The molecule has 0 unspecified atom stereocenters. The number of imidazole rings is 1. The third-order valence-electron chi connectivity index (χ3n) is 4.50. The minimum atomic E-state index is -0.571. The lowest BCUT2D eigenvalue weighted by molar-refractivity contribution is -0.122. The summed E-state index contributed by atoms with van der Waals surface area (Å²) in [5.41, 5.74) is 0. The Bertz CT molecular complexity index is 637. The van der Waals surface area contributed by atoms with Crippen LogP contribution in [0.2, 0.25) is 0 Å². The van der Waals surface area contributed by atoms with E-state index in [2.05, 4.69) is 15.4 Å². The Balaban J connectivity index is 1.46. The zero-order valence-electron chi connectivity index (χ0n) is 13.3. The highest BCUT2D eigenvalue weighted by Crippen LogP contribution is 2.31. The Hall–Kier alpha value is -2.15. The van der Waals surface area contributed by atoms with E-state index in [9.17, 15) is 9.90 Å². The lowest BCUT2D eigenvalue weighted by Gasteiger charge is -2.22. The van der Waals surface area contributed by atoms with Crippen molar-refractivity contribution < 1.29 is 9.90 Å². The molecular formula is C16H23N5O2. The van der Waals surface area contributed by atoms with E-state index in [1.165, 1.54) is 0 Å². The van der Waals surface area contributed by atoms with Gasteiger partial charge in [-0.3, -0.25) is 9.48 Å². The van der Waals surface area contributed by atoms with Crippen LogP contribution in [0.15, 0.2) is 30.9 Å². The number of carbonyl (C=O) groups is 1. The molecule has 7 nitrogen and oxygen atoms in total. The predicted octanol–water partition coefficient (Wildman–Crippen LogP) is 1.05. The third-order valence-corrected chi connectivity index (χ3v) is 4.50. The number of aliphatic hydroxyl groups is 1. The summed E-state index contributed by atoms with van der Waals surface area (Å²) in [6.07, 6.45) is 9.48. The first-order valence-corrected chi connectivity index (χ1v) is 8.09. The van der Waals surface area contributed by atoms with Gasteiger partial charge in [0.2, 0.25) is 5.91 Å². The Kier molecular flexibility index (Phi) is 4.76.